The van der Waals surface area contributed by atoms with Crippen LogP contribution in [-0.4, -0.2) is 5.78 Å². The highest BCUT2D eigenvalue weighted by Crippen LogP contribution is 2.33. The fourth-order valence-corrected chi connectivity index (χ4v) is 2.23. The average Bonchev–Trinajstić information content (AvgIpc) is 2.26. The summed E-state index contributed by atoms with van der Waals surface area (Å²) in [7, 11) is 0. The summed E-state index contributed by atoms with van der Waals surface area (Å²) in [6.07, 6.45) is 7.97. The molecule has 1 nitrogen and oxygen atoms in total. The zero-order chi connectivity index (χ0) is 11.3. The molecule has 84 valence electrons. The molecule has 1 rings (SSSR count). The second-order valence-corrected chi connectivity index (χ2v) is 4.73. The quantitative estimate of drug-likeness (QED) is 0.492. The summed E-state index contributed by atoms with van der Waals surface area (Å²) in [6, 6.07) is 0. The third-order valence-corrected chi connectivity index (χ3v) is 3.44. The van der Waals surface area contributed by atoms with Crippen molar-refractivity contribution in [2.45, 2.75) is 45.4 Å². The van der Waals surface area contributed by atoms with E-state index < -0.39 is 0 Å². The molecular weight excluding hydrogens is 184 g/mol. The number of ketones is 1. The monoisotopic (exact) mass is 206 g/mol. The lowest BCUT2D eigenvalue weighted by molar-refractivity contribution is -0.116. The number of Topliss-reactive ketones (excluding diaryl/α,β-unsaturated/α-hetero) is 1. The van der Waals surface area contributed by atoms with E-state index in [0.29, 0.717) is 12.3 Å². The van der Waals surface area contributed by atoms with Crippen molar-refractivity contribution in [3.8, 4) is 0 Å². The molecule has 15 heavy (non-hydrogen) atoms. The molecule has 0 radical (unpaired) electrons. The van der Waals surface area contributed by atoms with Gasteiger partial charge >= 0.3 is 0 Å². The Bertz CT molecular complexity index is 244. The van der Waals surface area contributed by atoms with Gasteiger partial charge in [-0.15, -0.1) is 6.58 Å². The van der Waals surface area contributed by atoms with Gasteiger partial charge < -0.3 is 0 Å². The van der Waals surface area contributed by atoms with Crippen LogP contribution in [0.25, 0.3) is 0 Å². The summed E-state index contributed by atoms with van der Waals surface area (Å²) in [6.45, 7) is 9.90. The molecule has 0 N–H and O–H groups in total. The molecule has 0 aromatic rings. The second kappa shape index (κ2) is 5.89. The normalized spacial score (nSPS) is 25.9. The molecule has 1 aliphatic rings. The topological polar surface area (TPSA) is 17.1 Å². The van der Waals surface area contributed by atoms with E-state index >= 15 is 0 Å². The maximum absolute atomic E-state index is 11.7. The van der Waals surface area contributed by atoms with Crippen LogP contribution >= 0.6 is 0 Å². The minimum Gasteiger partial charge on any atom is -0.295 e. The molecule has 0 heterocycles. The van der Waals surface area contributed by atoms with Crippen LogP contribution in [0.1, 0.15) is 45.4 Å². The van der Waals surface area contributed by atoms with Crippen LogP contribution in [0, 0.1) is 11.8 Å². The molecule has 0 unspecified atom stereocenters. The Morgan fingerprint density at radius 3 is 2.47 bits per heavy atom. The maximum atomic E-state index is 11.7. The first kappa shape index (κ1) is 12.2. The van der Waals surface area contributed by atoms with Crippen molar-refractivity contribution in [3.05, 3.63) is 24.8 Å². The Balaban J connectivity index is 2.39. The number of hydrogen-bond donors (Lipinski definition) is 0. The summed E-state index contributed by atoms with van der Waals surface area (Å²) >= 11 is 0. The lowest BCUT2D eigenvalue weighted by Gasteiger charge is -2.27. The summed E-state index contributed by atoms with van der Waals surface area (Å²) in [4.78, 5) is 11.7. The van der Waals surface area contributed by atoms with E-state index in [1.54, 1.807) is 6.08 Å². The highest BCUT2D eigenvalue weighted by molar-refractivity contribution is 5.95. The van der Waals surface area contributed by atoms with E-state index in [0.717, 1.165) is 30.8 Å². The summed E-state index contributed by atoms with van der Waals surface area (Å²) < 4.78 is 0. The van der Waals surface area contributed by atoms with Gasteiger partial charge in [0, 0.05) is 6.42 Å². The largest absolute Gasteiger partial charge is 0.295 e. The van der Waals surface area contributed by atoms with Crippen molar-refractivity contribution < 1.29 is 4.79 Å². The van der Waals surface area contributed by atoms with Crippen LogP contribution < -0.4 is 0 Å². The molecule has 0 atom stereocenters. The molecule has 0 aromatic carbocycles. The van der Waals surface area contributed by atoms with Crippen LogP contribution in [0.3, 0.4) is 0 Å². The van der Waals surface area contributed by atoms with Gasteiger partial charge in [-0.2, -0.15) is 0 Å². The Morgan fingerprint density at radius 2 is 1.93 bits per heavy atom. The van der Waals surface area contributed by atoms with Gasteiger partial charge in [-0.3, -0.25) is 4.79 Å². The van der Waals surface area contributed by atoms with Gasteiger partial charge in [0.2, 0.25) is 0 Å². The highest BCUT2D eigenvalue weighted by Gasteiger charge is 2.23. The smallest absolute Gasteiger partial charge is 0.158 e. The van der Waals surface area contributed by atoms with Crippen LogP contribution in [0.5, 0.6) is 0 Å². The van der Waals surface area contributed by atoms with Crippen molar-refractivity contribution in [1.82, 2.24) is 0 Å². The first-order valence-corrected chi connectivity index (χ1v) is 5.98. The van der Waals surface area contributed by atoms with Crippen LogP contribution in [0.15, 0.2) is 24.8 Å². The molecule has 0 aliphatic heterocycles. The standard InChI is InChI=1S/C14H22O/c1-4-5-6-14(15)12(3)13-9-7-11(2)8-10-13/h4,11,13H,1,3,5-10H2,2H3. The van der Waals surface area contributed by atoms with E-state index in [-0.39, 0.29) is 5.78 Å². The van der Waals surface area contributed by atoms with Crippen molar-refractivity contribution in [2.24, 2.45) is 11.8 Å². The van der Waals surface area contributed by atoms with Gasteiger partial charge in [0.15, 0.2) is 5.78 Å². The number of hydrogen-bond acceptors (Lipinski definition) is 1. The van der Waals surface area contributed by atoms with Gasteiger partial charge in [0.1, 0.15) is 0 Å². The zero-order valence-corrected chi connectivity index (χ0v) is 9.80. The molecule has 1 heteroatoms. The Morgan fingerprint density at radius 1 is 1.33 bits per heavy atom. The lowest BCUT2D eigenvalue weighted by Crippen LogP contribution is -2.18. The molecule has 1 fully saturated rings. The van der Waals surface area contributed by atoms with E-state index in [2.05, 4.69) is 20.1 Å². The number of carbonyl (C=O) groups is 1. The Kier molecular flexibility index (Phi) is 4.80. The molecular formula is C14H22O. The SMILES string of the molecule is C=CCCC(=O)C(=C)C1CCC(C)CC1. The van der Waals surface area contributed by atoms with Gasteiger partial charge in [-0.25, -0.2) is 0 Å². The van der Waals surface area contributed by atoms with E-state index in [1.165, 1.54) is 12.8 Å². The Labute approximate surface area is 93.3 Å². The zero-order valence-electron chi connectivity index (χ0n) is 9.80. The van der Waals surface area contributed by atoms with Gasteiger partial charge in [-0.05, 0) is 36.7 Å². The minimum atomic E-state index is 0.245. The van der Waals surface area contributed by atoms with Gasteiger partial charge in [0.25, 0.3) is 0 Å². The average molecular weight is 206 g/mol. The second-order valence-electron chi connectivity index (χ2n) is 4.73. The molecule has 1 aliphatic carbocycles. The van der Waals surface area contributed by atoms with Crippen molar-refractivity contribution in [1.29, 1.82) is 0 Å². The van der Waals surface area contributed by atoms with Crippen molar-refractivity contribution in [3.63, 3.8) is 0 Å². The molecule has 0 saturated heterocycles. The third kappa shape index (κ3) is 3.65. The summed E-state index contributed by atoms with van der Waals surface area (Å²) in [5, 5.41) is 0. The van der Waals surface area contributed by atoms with Gasteiger partial charge in [0.05, 0.1) is 0 Å². The highest BCUT2D eigenvalue weighted by atomic mass is 16.1. The fraction of sp³-hybridized carbons (Fsp3) is 0.643. The maximum Gasteiger partial charge on any atom is 0.158 e. The van der Waals surface area contributed by atoms with Crippen LogP contribution in [0.4, 0.5) is 0 Å². The molecule has 1 saturated carbocycles. The molecule has 0 aromatic heterocycles. The van der Waals surface area contributed by atoms with Crippen LogP contribution in [0.2, 0.25) is 0 Å². The van der Waals surface area contributed by atoms with E-state index in [9.17, 15) is 4.79 Å². The van der Waals surface area contributed by atoms with E-state index in [4.69, 9.17) is 0 Å². The third-order valence-electron chi connectivity index (χ3n) is 3.44. The first-order valence-electron chi connectivity index (χ1n) is 5.98. The summed E-state index contributed by atoms with van der Waals surface area (Å²) in [5.41, 5.74) is 0.865. The molecule has 0 amide bonds. The molecule has 0 spiro atoms. The minimum absolute atomic E-state index is 0.245. The lowest BCUT2D eigenvalue weighted by atomic mass is 9.78. The van der Waals surface area contributed by atoms with Crippen molar-refractivity contribution >= 4 is 5.78 Å². The first-order chi connectivity index (χ1) is 7.15. The number of rotatable bonds is 5. The predicted octanol–water partition coefficient (Wildman–Crippen LogP) is 3.90. The number of carbonyl (C=O) groups excluding carboxylic acids is 1. The van der Waals surface area contributed by atoms with Crippen molar-refractivity contribution in [2.75, 3.05) is 0 Å². The summed E-state index contributed by atoms with van der Waals surface area (Å²) in [5.74, 6) is 1.53. The number of allylic oxidation sites excluding steroid dienone is 2. The fourth-order valence-electron chi connectivity index (χ4n) is 2.23. The van der Waals surface area contributed by atoms with Gasteiger partial charge in [-0.1, -0.05) is 32.4 Å². The molecule has 0 bridgehead atoms. The predicted molar refractivity (Wildman–Crippen MR) is 64.7 cm³/mol. The Hall–Kier alpha value is -0.850. The van der Waals surface area contributed by atoms with E-state index in [1.807, 2.05) is 0 Å². The van der Waals surface area contributed by atoms with Crippen LogP contribution in [-0.2, 0) is 4.79 Å².